The first-order valence-corrected chi connectivity index (χ1v) is 2.14. The van der Waals surface area contributed by atoms with Crippen LogP contribution in [0.3, 0.4) is 0 Å². The molecule has 0 amide bonds. The summed E-state index contributed by atoms with van der Waals surface area (Å²) < 4.78 is 0. The molecule has 0 aromatic carbocycles. The number of carbonyl (C=O) groups is 1. The second kappa shape index (κ2) is 2.98. The van der Waals surface area contributed by atoms with Crippen molar-refractivity contribution in [3.8, 4) is 0 Å². The first-order valence-electron chi connectivity index (χ1n) is 2.14. The number of hydrogen-bond donors (Lipinski definition) is 2. The fourth-order valence-electron chi connectivity index (χ4n) is 0.239. The second-order valence-electron chi connectivity index (χ2n) is 1.46. The van der Waals surface area contributed by atoms with Crippen molar-refractivity contribution in [3.63, 3.8) is 0 Å². The Balaban J connectivity index is 3.63. The van der Waals surface area contributed by atoms with Gasteiger partial charge in [0.1, 0.15) is 0 Å². The molecule has 0 heterocycles. The summed E-state index contributed by atoms with van der Waals surface area (Å²) in [5.41, 5.74) is 4.78. The van der Waals surface area contributed by atoms with Crippen LogP contribution < -0.4 is 5.73 Å². The molecule has 0 rings (SSSR count). The van der Waals surface area contributed by atoms with Gasteiger partial charge in [-0.15, -0.1) is 0 Å². The third-order valence-electron chi connectivity index (χ3n) is 0.663. The molecule has 0 aromatic heterocycles. The normalized spacial score (nSPS) is 12.6. The molecule has 0 bridgehead atoms. The van der Waals surface area contributed by atoms with Crippen LogP contribution in [0.4, 0.5) is 0 Å². The van der Waals surface area contributed by atoms with Crippen molar-refractivity contribution >= 4 is 5.97 Å². The zero-order chi connectivity index (χ0) is 7.44. The summed E-state index contributed by atoms with van der Waals surface area (Å²) in [7, 11) is 0. The van der Waals surface area contributed by atoms with Gasteiger partial charge in [0.05, 0.1) is 0 Å². The van der Waals surface area contributed by atoms with Gasteiger partial charge in [0.2, 0.25) is 6.54 Å². The lowest BCUT2D eigenvalue weighted by atomic mass is 10.3. The Bertz CT molecular complexity index is 134. The molecule has 0 aliphatic rings. The quantitative estimate of drug-likeness (QED) is 0.367. The highest BCUT2D eigenvalue weighted by Gasteiger charge is 2.16. The number of aliphatic carboxylic acids is 1. The Morgan fingerprint density at radius 1 is 1.89 bits per heavy atom. The topological polar surface area (TPSA) is 106 Å². The summed E-state index contributed by atoms with van der Waals surface area (Å²) in [4.78, 5) is 18.6. The molecule has 1 atom stereocenters. The van der Waals surface area contributed by atoms with Gasteiger partial charge in [0.25, 0.3) is 0 Å². The first kappa shape index (κ1) is 7.83. The molecular weight excluding hydrogens is 128 g/mol. The smallest absolute Gasteiger partial charge is 0.327 e. The predicted octanol–water partition coefficient (Wildman–Crippen LogP) is -1.32. The van der Waals surface area contributed by atoms with Crippen LogP contribution in [0.2, 0.25) is 0 Å². The molecule has 0 saturated carbocycles. The molecular formula is C3H6N2O4. The molecule has 0 saturated heterocycles. The van der Waals surface area contributed by atoms with Crippen molar-refractivity contribution in [1.82, 2.24) is 0 Å². The van der Waals surface area contributed by atoms with E-state index < -0.39 is 23.5 Å². The molecule has 0 unspecified atom stereocenters. The van der Waals surface area contributed by atoms with Crippen molar-refractivity contribution < 1.29 is 14.8 Å². The maximum atomic E-state index is 9.81. The second-order valence-corrected chi connectivity index (χ2v) is 1.46. The van der Waals surface area contributed by atoms with Crippen LogP contribution in [0.25, 0.3) is 0 Å². The third-order valence-corrected chi connectivity index (χ3v) is 0.663. The third kappa shape index (κ3) is 3.42. The number of carboxylic acids is 1. The molecule has 6 nitrogen and oxygen atoms in total. The number of rotatable bonds is 3. The molecule has 9 heavy (non-hydrogen) atoms. The van der Waals surface area contributed by atoms with Crippen molar-refractivity contribution in [2.24, 2.45) is 5.73 Å². The largest absolute Gasteiger partial charge is 0.480 e. The lowest BCUT2D eigenvalue weighted by molar-refractivity contribution is -0.480. The van der Waals surface area contributed by atoms with E-state index in [-0.39, 0.29) is 0 Å². The van der Waals surface area contributed by atoms with E-state index in [1.54, 1.807) is 0 Å². The summed E-state index contributed by atoms with van der Waals surface area (Å²) in [5.74, 6) is -1.35. The molecule has 0 aliphatic carbocycles. The zero-order valence-electron chi connectivity index (χ0n) is 4.48. The zero-order valence-corrected chi connectivity index (χ0v) is 4.48. The van der Waals surface area contributed by atoms with E-state index in [1.807, 2.05) is 0 Å². The van der Waals surface area contributed by atoms with Crippen molar-refractivity contribution in [2.75, 3.05) is 6.54 Å². The van der Waals surface area contributed by atoms with Crippen LogP contribution in [0.15, 0.2) is 0 Å². The molecule has 0 spiro atoms. The summed E-state index contributed by atoms with van der Waals surface area (Å²) >= 11 is 0. The van der Waals surface area contributed by atoms with Crippen molar-refractivity contribution in [2.45, 2.75) is 6.04 Å². The van der Waals surface area contributed by atoms with Gasteiger partial charge in [0.15, 0.2) is 6.04 Å². The van der Waals surface area contributed by atoms with E-state index in [0.29, 0.717) is 0 Å². The minimum absolute atomic E-state index is 0.727. The minimum Gasteiger partial charge on any atom is -0.480 e. The fourth-order valence-corrected chi connectivity index (χ4v) is 0.239. The highest BCUT2D eigenvalue weighted by molar-refractivity contribution is 5.73. The van der Waals surface area contributed by atoms with Gasteiger partial charge in [-0.1, -0.05) is 0 Å². The van der Waals surface area contributed by atoms with Crippen molar-refractivity contribution in [3.05, 3.63) is 10.1 Å². The number of carboxylic acid groups (broad SMARTS) is 1. The van der Waals surface area contributed by atoms with Gasteiger partial charge in [0, 0.05) is 4.92 Å². The highest BCUT2D eigenvalue weighted by atomic mass is 16.6. The Morgan fingerprint density at radius 3 is 2.44 bits per heavy atom. The van der Waals surface area contributed by atoms with Gasteiger partial charge in [-0.05, 0) is 0 Å². The van der Waals surface area contributed by atoms with Gasteiger partial charge < -0.3 is 10.8 Å². The molecule has 6 heteroatoms. The molecule has 0 radical (unpaired) electrons. The van der Waals surface area contributed by atoms with E-state index in [9.17, 15) is 14.9 Å². The number of nitrogens with two attached hydrogens (primary N) is 1. The lowest BCUT2D eigenvalue weighted by Gasteiger charge is -1.96. The van der Waals surface area contributed by atoms with Crippen LogP contribution in [-0.4, -0.2) is 28.6 Å². The van der Waals surface area contributed by atoms with E-state index >= 15 is 0 Å². The van der Waals surface area contributed by atoms with Gasteiger partial charge in [-0.3, -0.25) is 14.9 Å². The first-order chi connectivity index (χ1) is 4.04. The minimum atomic E-state index is -1.39. The van der Waals surface area contributed by atoms with E-state index in [1.165, 1.54) is 0 Å². The predicted molar refractivity (Wildman–Crippen MR) is 27.5 cm³/mol. The summed E-state index contributed by atoms with van der Waals surface area (Å²) in [6, 6.07) is -1.39. The van der Waals surface area contributed by atoms with Crippen LogP contribution in [0.1, 0.15) is 0 Å². The van der Waals surface area contributed by atoms with Crippen LogP contribution in [0, 0.1) is 10.1 Å². The number of hydrogen-bond acceptors (Lipinski definition) is 4. The molecule has 0 aliphatic heterocycles. The van der Waals surface area contributed by atoms with Gasteiger partial charge in [-0.2, -0.15) is 0 Å². The lowest BCUT2D eigenvalue weighted by Crippen LogP contribution is -2.36. The monoisotopic (exact) mass is 134 g/mol. The standard InChI is InChI=1S/C3H6N2O4/c4-2(3(6)7)1-5(8)9/h2H,1,4H2,(H,6,7)/t2-/m0/s1. The van der Waals surface area contributed by atoms with Crippen molar-refractivity contribution in [1.29, 1.82) is 0 Å². The molecule has 3 N–H and O–H groups in total. The maximum Gasteiger partial charge on any atom is 0.327 e. The van der Waals surface area contributed by atoms with Gasteiger partial charge >= 0.3 is 5.97 Å². The number of nitro groups is 1. The maximum absolute atomic E-state index is 9.81. The molecule has 0 fully saturated rings. The Kier molecular flexibility index (Phi) is 2.59. The Hall–Kier alpha value is -1.17. The summed E-state index contributed by atoms with van der Waals surface area (Å²) in [6.07, 6.45) is 0. The average molecular weight is 134 g/mol. The molecule has 0 aromatic rings. The Labute approximate surface area is 50.4 Å². The summed E-state index contributed by atoms with van der Waals surface area (Å²) in [5, 5.41) is 17.6. The van der Waals surface area contributed by atoms with E-state index in [0.717, 1.165) is 0 Å². The van der Waals surface area contributed by atoms with E-state index in [2.05, 4.69) is 0 Å². The highest BCUT2D eigenvalue weighted by Crippen LogP contribution is 1.78. The average Bonchev–Trinajstić information content (AvgIpc) is 1.63. The van der Waals surface area contributed by atoms with E-state index in [4.69, 9.17) is 10.8 Å². The molecule has 52 valence electrons. The van der Waals surface area contributed by atoms with Gasteiger partial charge in [-0.25, -0.2) is 0 Å². The number of nitrogens with zero attached hydrogens (tertiary/aromatic N) is 1. The van der Waals surface area contributed by atoms with Crippen LogP contribution in [-0.2, 0) is 4.79 Å². The summed E-state index contributed by atoms with van der Waals surface area (Å²) in [6.45, 7) is -0.727. The van der Waals surface area contributed by atoms with Crippen LogP contribution >= 0.6 is 0 Å². The van der Waals surface area contributed by atoms with Crippen LogP contribution in [0.5, 0.6) is 0 Å². The fraction of sp³-hybridized carbons (Fsp3) is 0.667. The SMILES string of the molecule is N[C@@H](C[N+](=O)[O-])C(=O)O. The Morgan fingerprint density at radius 2 is 2.33 bits per heavy atom.